The molecule has 0 unspecified atom stereocenters. The minimum Gasteiger partial charge on any atom is -0.506 e. The smallest absolute Gasteiger partial charge is 0.200 e. The third kappa shape index (κ3) is 4.65. The average Bonchev–Trinajstić information content (AvgIpc) is 3.52. The monoisotopic (exact) mass is 471 g/mol. The first-order valence-electron chi connectivity index (χ1n) is 10.7. The van der Waals surface area contributed by atoms with Gasteiger partial charge in [-0.05, 0) is 36.4 Å². The average molecular weight is 471 g/mol. The fourth-order valence-corrected chi connectivity index (χ4v) is 3.73. The van der Waals surface area contributed by atoms with Crippen LogP contribution in [0.25, 0.3) is 22.4 Å². The number of rotatable bonds is 7. The Bertz CT molecular complexity index is 1500. The number of benzene rings is 3. The Morgan fingerprint density at radius 2 is 1.77 bits per heavy atom. The van der Waals surface area contributed by atoms with Crippen LogP contribution in [0.1, 0.15) is 27.4 Å². The predicted octanol–water partition coefficient (Wildman–Crippen LogP) is 5.49. The minimum absolute atomic E-state index is 0.0780. The molecule has 5 aromatic rings. The highest BCUT2D eigenvalue weighted by Crippen LogP contribution is 2.29. The summed E-state index contributed by atoms with van der Waals surface area (Å²) in [5.74, 6) is -2.85. The van der Waals surface area contributed by atoms with Gasteiger partial charge in [0.15, 0.2) is 0 Å². The molecule has 5 rings (SSSR count). The second-order valence-electron chi connectivity index (χ2n) is 7.82. The van der Waals surface area contributed by atoms with Crippen LogP contribution in [0.15, 0.2) is 79.3 Å². The summed E-state index contributed by atoms with van der Waals surface area (Å²) < 4.78 is 27.8. The van der Waals surface area contributed by atoms with Crippen LogP contribution in [0.4, 0.5) is 14.5 Å². The van der Waals surface area contributed by atoms with E-state index in [0.717, 1.165) is 17.8 Å². The number of hydrogen-bond acceptors (Lipinski definition) is 5. The molecule has 3 aromatic carbocycles. The number of hydrogen-bond donors (Lipinski definition) is 4. The largest absolute Gasteiger partial charge is 0.506 e. The molecule has 4 N–H and O–H groups in total. The number of fused-ring (bicyclic) bond motifs is 1. The Labute approximate surface area is 198 Å². The standard InChI is InChI=1S/C26H19F2N5O2/c27-17-8-16(9-18(28)11-17)25(35)23(26-32-21-6-1-2-7-22(21)33-26)24(34)15-4-3-5-19(10-15)30-13-20-12-29-14-31-20/h1-12,14,30,35H,13H2,(H,29,31)(H,32,33). The number of H-pyrrole nitrogens is 2. The maximum atomic E-state index is 13.9. The Hall–Kier alpha value is -4.79. The summed E-state index contributed by atoms with van der Waals surface area (Å²) in [4.78, 5) is 28.1. The van der Waals surface area contributed by atoms with Crippen LogP contribution in [0.2, 0.25) is 0 Å². The van der Waals surface area contributed by atoms with Crippen molar-refractivity contribution in [2.45, 2.75) is 6.54 Å². The van der Waals surface area contributed by atoms with Gasteiger partial charge in [0.25, 0.3) is 0 Å². The second kappa shape index (κ2) is 9.22. The topological polar surface area (TPSA) is 107 Å². The van der Waals surface area contributed by atoms with Crippen molar-refractivity contribution in [3.63, 3.8) is 0 Å². The van der Waals surface area contributed by atoms with Crippen molar-refractivity contribution >= 4 is 33.8 Å². The molecule has 0 spiro atoms. The predicted molar refractivity (Wildman–Crippen MR) is 129 cm³/mol. The van der Waals surface area contributed by atoms with Crippen LogP contribution in [-0.2, 0) is 6.54 Å². The van der Waals surface area contributed by atoms with Crippen LogP contribution < -0.4 is 5.32 Å². The number of nitrogens with one attached hydrogen (secondary N) is 3. The van der Waals surface area contributed by atoms with E-state index in [9.17, 15) is 18.7 Å². The first kappa shape index (κ1) is 22.0. The Morgan fingerprint density at radius 1 is 0.971 bits per heavy atom. The molecule has 9 heteroatoms. The number of aromatic amines is 2. The van der Waals surface area contributed by atoms with E-state index in [1.165, 1.54) is 0 Å². The molecule has 0 saturated carbocycles. The molecule has 2 heterocycles. The summed E-state index contributed by atoms with van der Waals surface area (Å²) in [6, 6.07) is 16.4. The number of aromatic nitrogens is 4. The van der Waals surface area contributed by atoms with Crippen molar-refractivity contribution in [3.8, 4) is 0 Å². The Balaban J connectivity index is 1.59. The highest BCUT2D eigenvalue weighted by Gasteiger charge is 2.24. The van der Waals surface area contributed by atoms with E-state index in [2.05, 4.69) is 25.3 Å². The third-order valence-electron chi connectivity index (χ3n) is 5.39. The molecule has 0 aliphatic heterocycles. The molecule has 0 radical (unpaired) electrons. The van der Waals surface area contributed by atoms with Gasteiger partial charge in [-0.3, -0.25) is 4.79 Å². The van der Waals surface area contributed by atoms with Gasteiger partial charge >= 0.3 is 0 Å². The molecule has 0 aliphatic rings. The van der Waals surface area contributed by atoms with Crippen molar-refractivity contribution in [1.29, 1.82) is 0 Å². The molecule has 2 aromatic heterocycles. The van der Waals surface area contributed by atoms with Crippen LogP contribution in [0.5, 0.6) is 0 Å². The SMILES string of the molecule is O=C(C(=C(O)c1cc(F)cc(F)c1)c1nc2ccccc2[nH]1)c1cccc(NCc2cnc[nH]2)c1. The van der Waals surface area contributed by atoms with E-state index in [1.54, 1.807) is 61.1 Å². The molecule has 35 heavy (non-hydrogen) atoms. The van der Waals surface area contributed by atoms with E-state index in [0.29, 0.717) is 29.3 Å². The van der Waals surface area contributed by atoms with Gasteiger partial charge in [0.05, 0.1) is 29.6 Å². The molecule has 7 nitrogen and oxygen atoms in total. The van der Waals surface area contributed by atoms with E-state index < -0.39 is 23.2 Å². The molecule has 174 valence electrons. The summed E-state index contributed by atoms with van der Waals surface area (Å²) in [6.07, 6.45) is 3.25. The molecule has 0 aliphatic carbocycles. The number of Topliss-reactive ketones (excluding diaryl/α,β-unsaturated/α-hetero) is 1. The summed E-state index contributed by atoms with van der Waals surface area (Å²) in [7, 11) is 0. The molecule has 0 amide bonds. The maximum absolute atomic E-state index is 13.9. The maximum Gasteiger partial charge on any atom is 0.200 e. The van der Waals surface area contributed by atoms with Gasteiger partial charge < -0.3 is 20.4 Å². The van der Waals surface area contributed by atoms with Crippen molar-refractivity contribution in [3.05, 3.63) is 114 Å². The fourth-order valence-electron chi connectivity index (χ4n) is 3.73. The highest BCUT2D eigenvalue weighted by molar-refractivity contribution is 6.33. The molecule has 0 fully saturated rings. The van der Waals surface area contributed by atoms with Crippen LogP contribution in [0.3, 0.4) is 0 Å². The Kier molecular flexibility index (Phi) is 5.80. The summed E-state index contributed by atoms with van der Waals surface area (Å²) in [5.41, 5.74) is 2.58. The number of halogens is 2. The van der Waals surface area contributed by atoms with Crippen LogP contribution >= 0.6 is 0 Å². The number of allylic oxidation sites excluding steroid dienone is 1. The van der Waals surface area contributed by atoms with Gasteiger partial charge in [-0.15, -0.1) is 0 Å². The van der Waals surface area contributed by atoms with Crippen molar-refractivity contribution in [2.24, 2.45) is 0 Å². The zero-order chi connectivity index (χ0) is 24.4. The van der Waals surface area contributed by atoms with E-state index in [-0.39, 0.29) is 22.5 Å². The van der Waals surface area contributed by atoms with Gasteiger partial charge in [-0.2, -0.15) is 0 Å². The normalized spacial score (nSPS) is 11.9. The quantitative estimate of drug-likeness (QED) is 0.143. The number of anilines is 1. The van der Waals surface area contributed by atoms with Gasteiger partial charge in [0.1, 0.15) is 28.8 Å². The summed E-state index contributed by atoms with van der Waals surface area (Å²) in [5, 5.41) is 14.3. The number of aliphatic hydroxyl groups excluding tert-OH is 1. The van der Waals surface area contributed by atoms with E-state index in [1.807, 2.05) is 0 Å². The lowest BCUT2D eigenvalue weighted by Gasteiger charge is -2.11. The zero-order valence-electron chi connectivity index (χ0n) is 18.2. The minimum atomic E-state index is -0.882. The lowest BCUT2D eigenvalue weighted by Crippen LogP contribution is -2.09. The van der Waals surface area contributed by atoms with E-state index in [4.69, 9.17) is 0 Å². The number of imidazole rings is 2. The van der Waals surface area contributed by atoms with Crippen molar-refractivity contribution in [1.82, 2.24) is 19.9 Å². The lowest BCUT2D eigenvalue weighted by atomic mass is 9.98. The number of ketones is 1. The summed E-state index contributed by atoms with van der Waals surface area (Å²) in [6.45, 7) is 0.456. The van der Waals surface area contributed by atoms with Crippen LogP contribution in [0, 0.1) is 11.6 Å². The first-order chi connectivity index (χ1) is 17.0. The number of carbonyl (C=O) groups excluding carboxylic acids is 1. The van der Waals surface area contributed by atoms with Crippen molar-refractivity contribution < 1.29 is 18.7 Å². The second-order valence-corrected chi connectivity index (χ2v) is 7.82. The lowest BCUT2D eigenvalue weighted by molar-refractivity contribution is 0.105. The molecular formula is C26H19F2N5O2. The molecule has 0 bridgehead atoms. The summed E-state index contributed by atoms with van der Waals surface area (Å²) >= 11 is 0. The van der Waals surface area contributed by atoms with Gasteiger partial charge in [-0.25, -0.2) is 18.7 Å². The van der Waals surface area contributed by atoms with Crippen LogP contribution in [-0.4, -0.2) is 30.8 Å². The van der Waals surface area contributed by atoms with Gasteiger partial charge in [0, 0.05) is 29.1 Å². The van der Waals surface area contributed by atoms with Gasteiger partial charge in [0.2, 0.25) is 5.78 Å². The van der Waals surface area contributed by atoms with Gasteiger partial charge in [-0.1, -0.05) is 24.3 Å². The zero-order valence-corrected chi connectivity index (χ0v) is 18.2. The molecular weight excluding hydrogens is 452 g/mol. The molecule has 0 saturated heterocycles. The third-order valence-corrected chi connectivity index (χ3v) is 5.39. The van der Waals surface area contributed by atoms with E-state index >= 15 is 0 Å². The highest BCUT2D eigenvalue weighted by atomic mass is 19.1. The molecule has 0 atom stereocenters. The number of nitrogens with zero attached hydrogens (tertiary/aromatic N) is 2. The van der Waals surface area contributed by atoms with Crippen molar-refractivity contribution in [2.75, 3.05) is 5.32 Å². The fraction of sp³-hybridized carbons (Fsp3) is 0.0385. The first-order valence-corrected chi connectivity index (χ1v) is 10.7. The number of aliphatic hydroxyl groups is 1. The number of carbonyl (C=O) groups is 1. The number of para-hydroxylation sites is 2. The Morgan fingerprint density at radius 3 is 2.51 bits per heavy atom.